The van der Waals surface area contributed by atoms with Crippen molar-refractivity contribution in [3.8, 4) is 0 Å². The fourth-order valence-corrected chi connectivity index (χ4v) is 2.43. The lowest BCUT2D eigenvalue weighted by Gasteiger charge is -2.07. The number of carbonyl (C=O) groups excluding carboxylic acids is 1. The highest BCUT2D eigenvalue weighted by Crippen LogP contribution is 2.18. The second-order valence-electron chi connectivity index (χ2n) is 5.45. The van der Waals surface area contributed by atoms with Crippen LogP contribution in [0.5, 0.6) is 0 Å². The summed E-state index contributed by atoms with van der Waals surface area (Å²) in [7, 11) is 0. The van der Waals surface area contributed by atoms with E-state index in [4.69, 9.17) is 11.6 Å². The molecule has 23 heavy (non-hydrogen) atoms. The lowest BCUT2D eigenvalue weighted by atomic mass is 10.1. The van der Waals surface area contributed by atoms with Gasteiger partial charge in [0.25, 0.3) is 0 Å². The van der Waals surface area contributed by atoms with Crippen LogP contribution in [0, 0.1) is 13.8 Å². The Balaban J connectivity index is 1.76. The fraction of sp³-hybridized carbons (Fsp3) is 0.167. The Morgan fingerprint density at radius 2 is 1.65 bits per heavy atom. The molecule has 0 spiro atoms. The summed E-state index contributed by atoms with van der Waals surface area (Å²) in [6.07, 6.45) is 0.299. The van der Waals surface area contributed by atoms with E-state index in [2.05, 4.69) is 15.3 Å². The number of hydrogen-bond acceptors (Lipinski definition) is 3. The van der Waals surface area contributed by atoms with Crippen molar-refractivity contribution in [3.63, 3.8) is 0 Å². The minimum Gasteiger partial charge on any atom is -0.326 e. The molecule has 0 radical (unpaired) electrons. The summed E-state index contributed by atoms with van der Waals surface area (Å²) in [4.78, 5) is 21.1. The van der Waals surface area contributed by atoms with E-state index in [0.29, 0.717) is 17.1 Å². The maximum atomic E-state index is 12.1. The number of anilines is 1. The lowest BCUT2D eigenvalue weighted by molar-refractivity contribution is -0.115. The topological polar surface area (TPSA) is 54.9 Å². The van der Waals surface area contributed by atoms with Crippen molar-refractivity contribution in [2.75, 3.05) is 5.32 Å². The second-order valence-corrected chi connectivity index (χ2v) is 5.89. The Morgan fingerprint density at radius 3 is 2.35 bits per heavy atom. The highest BCUT2D eigenvalue weighted by molar-refractivity contribution is 6.30. The molecule has 4 nitrogen and oxygen atoms in total. The minimum atomic E-state index is -0.0801. The van der Waals surface area contributed by atoms with Gasteiger partial charge in [-0.1, -0.05) is 23.7 Å². The van der Waals surface area contributed by atoms with Crippen molar-refractivity contribution < 1.29 is 4.79 Å². The number of fused-ring (bicyclic) bond motifs is 1. The molecule has 0 bridgehead atoms. The average Bonchev–Trinajstić information content (AvgIpc) is 2.51. The summed E-state index contributed by atoms with van der Waals surface area (Å²) in [5, 5.41) is 3.55. The molecule has 0 saturated heterocycles. The van der Waals surface area contributed by atoms with E-state index < -0.39 is 0 Å². The molecule has 1 heterocycles. The van der Waals surface area contributed by atoms with Gasteiger partial charge in [0.15, 0.2) is 0 Å². The van der Waals surface area contributed by atoms with Gasteiger partial charge in [-0.15, -0.1) is 0 Å². The van der Waals surface area contributed by atoms with Crippen LogP contribution in [0.15, 0.2) is 42.5 Å². The summed E-state index contributed by atoms with van der Waals surface area (Å²) in [5.41, 5.74) is 5.04. The van der Waals surface area contributed by atoms with Crippen LogP contribution < -0.4 is 5.32 Å². The van der Waals surface area contributed by atoms with Gasteiger partial charge in [0.1, 0.15) is 0 Å². The van der Waals surface area contributed by atoms with Crippen LogP contribution in [-0.2, 0) is 11.2 Å². The number of nitrogens with zero attached hydrogens (tertiary/aromatic N) is 2. The quantitative estimate of drug-likeness (QED) is 0.789. The molecule has 116 valence electrons. The predicted molar refractivity (Wildman–Crippen MR) is 92.8 cm³/mol. The standard InChI is InChI=1S/C18H16ClN3O/c1-11-12(2)21-17-10-15(7-8-16(17)20-11)22-18(23)9-13-3-5-14(19)6-4-13/h3-8,10H,9H2,1-2H3,(H,22,23). The zero-order valence-corrected chi connectivity index (χ0v) is 13.7. The van der Waals surface area contributed by atoms with Gasteiger partial charge < -0.3 is 5.32 Å². The van der Waals surface area contributed by atoms with Crippen molar-refractivity contribution in [3.05, 3.63) is 64.4 Å². The van der Waals surface area contributed by atoms with Crippen molar-refractivity contribution in [2.24, 2.45) is 0 Å². The monoisotopic (exact) mass is 325 g/mol. The molecule has 0 aliphatic heterocycles. The van der Waals surface area contributed by atoms with E-state index in [1.165, 1.54) is 0 Å². The molecule has 2 aromatic carbocycles. The second kappa shape index (κ2) is 6.34. The predicted octanol–water partition coefficient (Wildman–Crippen LogP) is 4.08. The van der Waals surface area contributed by atoms with Crippen LogP contribution in [-0.4, -0.2) is 15.9 Å². The van der Waals surface area contributed by atoms with Crippen LogP contribution >= 0.6 is 11.6 Å². The van der Waals surface area contributed by atoms with Crippen LogP contribution in [0.4, 0.5) is 5.69 Å². The third-order valence-corrected chi connectivity index (χ3v) is 3.89. The molecule has 0 atom stereocenters. The Morgan fingerprint density at radius 1 is 1.00 bits per heavy atom. The molecule has 1 N–H and O–H groups in total. The van der Waals surface area contributed by atoms with Crippen molar-refractivity contribution in [1.29, 1.82) is 0 Å². The largest absolute Gasteiger partial charge is 0.326 e. The highest BCUT2D eigenvalue weighted by atomic mass is 35.5. The number of carbonyl (C=O) groups is 1. The molecule has 0 fully saturated rings. The summed E-state index contributed by atoms with van der Waals surface area (Å²) < 4.78 is 0. The van der Waals surface area contributed by atoms with Crippen LogP contribution in [0.25, 0.3) is 11.0 Å². The summed E-state index contributed by atoms with van der Waals surface area (Å²) >= 11 is 5.84. The van der Waals surface area contributed by atoms with Gasteiger partial charge in [0.2, 0.25) is 5.91 Å². The molecule has 0 unspecified atom stereocenters. The van der Waals surface area contributed by atoms with Gasteiger partial charge in [-0.25, -0.2) is 9.97 Å². The van der Waals surface area contributed by atoms with Crippen molar-refractivity contribution >= 4 is 34.2 Å². The van der Waals surface area contributed by atoms with Gasteiger partial charge in [0, 0.05) is 10.7 Å². The molecule has 5 heteroatoms. The molecule has 3 aromatic rings. The first-order valence-corrected chi connectivity index (χ1v) is 7.68. The molecule has 0 aliphatic carbocycles. The number of amides is 1. The van der Waals surface area contributed by atoms with E-state index >= 15 is 0 Å². The lowest BCUT2D eigenvalue weighted by Crippen LogP contribution is -2.14. The first-order valence-electron chi connectivity index (χ1n) is 7.30. The van der Waals surface area contributed by atoms with Gasteiger partial charge in [-0.2, -0.15) is 0 Å². The van der Waals surface area contributed by atoms with Gasteiger partial charge in [-0.05, 0) is 49.7 Å². The third kappa shape index (κ3) is 3.66. The number of aryl methyl sites for hydroxylation is 2. The molecule has 1 amide bonds. The highest BCUT2D eigenvalue weighted by Gasteiger charge is 2.07. The van der Waals surface area contributed by atoms with E-state index in [0.717, 1.165) is 28.0 Å². The maximum Gasteiger partial charge on any atom is 0.228 e. The van der Waals surface area contributed by atoms with Crippen LogP contribution in [0.1, 0.15) is 17.0 Å². The van der Waals surface area contributed by atoms with Crippen LogP contribution in [0.3, 0.4) is 0 Å². The smallest absolute Gasteiger partial charge is 0.228 e. The average molecular weight is 326 g/mol. The van der Waals surface area contributed by atoms with Crippen molar-refractivity contribution in [2.45, 2.75) is 20.3 Å². The van der Waals surface area contributed by atoms with E-state index in [1.807, 2.05) is 44.2 Å². The number of halogens is 1. The zero-order valence-electron chi connectivity index (χ0n) is 12.9. The molecule has 0 saturated carbocycles. The Labute approximate surface area is 139 Å². The van der Waals surface area contributed by atoms with Crippen LogP contribution in [0.2, 0.25) is 5.02 Å². The molecule has 1 aromatic heterocycles. The van der Waals surface area contributed by atoms with Crippen molar-refractivity contribution in [1.82, 2.24) is 9.97 Å². The summed E-state index contributed by atoms with van der Waals surface area (Å²) in [6.45, 7) is 3.86. The molecule has 3 rings (SSSR count). The first kappa shape index (κ1) is 15.4. The summed E-state index contributed by atoms with van der Waals surface area (Å²) in [5.74, 6) is -0.0801. The number of rotatable bonds is 3. The number of hydrogen-bond donors (Lipinski definition) is 1. The normalized spacial score (nSPS) is 10.7. The van der Waals surface area contributed by atoms with Gasteiger partial charge >= 0.3 is 0 Å². The van der Waals surface area contributed by atoms with Gasteiger partial charge in [-0.3, -0.25) is 4.79 Å². The molecular formula is C18H16ClN3O. The number of nitrogens with one attached hydrogen (secondary N) is 1. The third-order valence-electron chi connectivity index (χ3n) is 3.64. The number of aromatic nitrogens is 2. The Hall–Kier alpha value is -2.46. The van der Waals surface area contributed by atoms with E-state index in [-0.39, 0.29) is 5.91 Å². The summed E-state index contributed by atoms with van der Waals surface area (Å²) in [6, 6.07) is 12.8. The fourth-order valence-electron chi connectivity index (χ4n) is 2.30. The van der Waals surface area contributed by atoms with Gasteiger partial charge in [0.05, 0.1) is 28.8 Å². The maximum absolute atomic E-state index is 12.1. The zero-order chi connectivity index (χ0) is 16.4. The molecular weight excluding hydrogens is 310 g/mol. The van der Waals surface area contributed by atoms with E-state index in [1.54, 1.807) is 12.1 Å². The SMILES string of the molecule is Cc1nc2ccc(NC(=O)Cc3ccc(Cl)cc3)cc2nc1C. The minimum absolute atomic E-state index is 0.0801. The molecule has 0 aliphatic rings. The Bertz CT molecular complexity index is 875. The first-order chi connectivity index (χ1) is 11.0. The Kier molecular flexibility index (Phi) is 4.26. The number of benzene rings is 2. The van der Waals surface area contributed by atoms with E-state index in [9.17, 15) is 4.79 Å².